The van der Waals surface area contributed by atoms with Crippen LogP contribution in [-0.4, -0.2) is 66.7 Å². The molecule has 2 aliphatic rings. The average Bonchev–Trinajstić information content (AvgIpc) is 3.31. The van der Waals surface area contributed by atoms with Gasteiger partial charge in [0.05, 0.1) is 40.0 Å². The number of carbonyl (C=O) groups is 1. The molecule has 0 radical (unpaired) electrons. The second kappa shape index (κ2) is 8.02. The van der Waals surface area contributed by atoms with Crippen molar-refractivity contribution in [2.45, 2.75) is 26.3 Å². The molecular formula is C23H26N4O5S. The molecule has 1 amide bonds. The van der Waals surface area contributed by atoms with Crippen LogP contribution in [0.25, 0.3) is 11.0 Å². The molecule has 0 aliphatic carbocycles. The number of nitrogens with zero attached hydrogens (tertiary/aromatic N) is 4. The van der Waals surface area contributed by atoms with Crippen LogP contribution in [0.3, 0.4) is 0 Å². The first-order valence-electron chi connectivity index (χ1n) is 11.1. The number of hydrogen-bond donors (Lipinski definition) is 0. The summed E-state index contributed by atoms with van der Waals surface area (Å²) in [5, 5.41) is 5.11. The van der Waals surface area contributed by atoms with E-state index < -0.39 is 9.84 Å². The molecule has 0 bridgehead atoms. The Balaban J connectivity index is 1.32. The van der Waals surface area contributed by atoms with Crippen LogP contribution in [0.5, 0.6) is 0 Å². The number of para-hydroxylation sites is 1. The average molecular weight is 471 g/mol. The summed E-state index contributed by atoms with van der Waals surface area (Å²) in [7, 11) is -3.00. The summed E-state index contributed by atoms with van der Waals surface area (Å²) in [6.45, 7) is 6.10. The van der Waals surface area contributed by atoms with Gasteiger partial charge >= 0.3 is 0 Å². The summed E-state index contributed by atoms with van der Waals surface area (Å²) < 4.78 is 31.4. The van der Waals surface area contributed by atoms with Crippen LogP contribution in [0.15, 0.2) is 39.5 Å². The standard InChI is InChI=1S/C23H26N4O5S/c1-15-22(16(2)27(24-15)17-7-12-33(30,31)14-17)25-8-10-26(11-9-25)23(29)21-13-19(28)18-5-3-4-6-20(18)32-21/h3-6,13,17H,7-12,14H2,1-2H3/t17-/m0/s1. The van der Waals surface area contributed by atoms with Gasteiger partial charge in [-0.3, -0.25) is 14.3 Å². The molecule has 2 aliphatic heterocycles. The summed E-state index contributed by atoms with van der Waals surface area (Å²) >= 11 is 0. The van der Waals surface area contributed by atoms with Crippen LogP contribution in [-0.2, 0) is 9.84 Å². The molecule has 5 rings (SSSR count). The van der Waals surface area contributed by atoms with E-state index in [1.165, 1.54) is 6.07 Å². The van der Waals surface area contributed by atoms with Gasteiger partial charge in [0.25, 0.3) is 5.91 Å². The van der Waals surface area contributed by atoms with E-state index in [0.717, 1.165) is 17.1 Å². The zero-order valence-corrected chi connectivity index (χ0v) is 19.5. The first-order chi connectivity index (χ1) is 15.7. The van der Waals surface area contributed by atoms with Crippen LogP contribution in [0.4, 0.5) is 5.69 Å². The maximum absolute atomic E-state index is 13.0. The first-order valence-corrected chi connectivity index (χ1v) is 12.9. The molecule has 4 heterocycles. The molecule has 0 unspecified atom stereocenters. The molecule has 0 saturated carbocycles. The molecule has 33 heavy (non-hydrogen) atoms. The van der Waals surface area contributed by atoms with Gasteiger partial charge in [0.15, 0.2) is 21.0 Å². The predicted molar refractivity (Wildman–Crippen MR) is 125 cm³/mol. The molecule has 2 saturated heterocycles. The summed E-state index contributed by atoms with van der Waals surface area (Å²) in [6.07, 6.45) is 0.586. The number of piperazine rings is 1. The van der Waals surface area contributed by atoms with Crippen LogP contribution >= 0.6 is 0 Å². The minimum absolute atomic E-state index is 0.0507. The normalized spacial score (nSPS) is 20.5. The molecular weight excluding hydrogens is 444 g/mol. The first kappa shape index (κ1) is 21.7. The van der Waals surface area contributed by atoms with E-state index in [9.17, 15) is 18.0 Å². The molecule has 2 fully saturated rings. The van der Waals surface area contributed by atoms with E-state index in [-0.39, 0.29) is 34.6 Å². The number of fused-ring (bicyclic) bond motifs is 1. The zero-order valence-electron chi connectivity index (χ0n) is 18.7. The van der Waals surface area contributed by atoms with E-state index in [2.05, 4.69) is 10.00 Å². The van der Waals surface area contributed by atoms with E-state index in [1.807, 2.05) is 18.5 Å². The third kappa shape index (κ3) is 3.92. The van der Waals surface area contributed by atoms with E-state index >= 15 is 0 Å². The quantitative estimate of drug-likeness (QED) is 0.576. The van der Waals surface area contributed by atoms with Crippen molar-refractivity contribution < 1.29 is 17.6 Å². The third-order valence-corrected chi connectivity index (χ3v) is 8.32. The second-order valence-electron chi connectivity index (χ2n) is 8.77. The lowest BCUT2D eigenvalue weighted by Crippen LogP contribution is -2.49. The summed E-state index contributed by atoms with van der Waals surface area (Å²) in [6, 6.07) is 8.04. The topological polar surface area (TPSA) is 106 Å². The van der Waals surface area contributed by atoms with Crippen molar-refractivity contribution in [1.29, 1.82) is 0 Å². The SMILES string of the molecule is Cc1nn([C@H]2CCS(=O)(=O)C2)c(C)c1N1CCN(C(=O)c2cc(=O)c3ccccc3o2)CC1. The molecule has 1 atom stereocenters. The van der Waals surface area contributed by atoms with Crippen LogP contribution in [0.2, 0.25) is 0 Å². The Bertz CT molecular complexity index is 1400. The fraction of sp³-hybridized carbons (Fsp3) is 0.435. The highest BCUT2D eigenvalue weighted by Gasteiger charge is 2.33. The Morgan fingerprint density at radius 3 is 2.55 bits per heavy atom. The van der Waals surface area contributed by atoms with Gasteiger partial charge in [-0.1, -0.05) is 12.1 Å². The lowest BCUT2D eigenvalue weighted by Gasteiger charge is -2.36. The van der Waals surface area contributed by atoms with Crippen molar-refractivity contribution in [1.82, 2.24) is 14.7 Å². The van der Waals surface area contributed by atoms with E-state index in [1.54, 1.807) is 29.2 Å². The highest BCUT2D eigenvalue weighted by atomic mass is 32.2. The number of amides is 1. The van der Waals surface area contributed by atoms with Crippen molar-refractivity contribution in [3.8, 4) is 0 Å². The molecule has 0 spiro atoms. The molecule has 174 valence electrons. The Kier molecular flexibility index (Phi) is 5.27. The van der Waals surface area contributed by atoms with Gasteiger partial charge in [-0.05, 0) is 32.4 Å². The number of aryl methyl sites for hydroxylation is 1. The largest absolute Gasteiger partial charge is 0.451 e. The van der Waals surface area contributed by atoms with Crippen LogP contribution in [0, 0.1) is 13.8 Å². The van der Waals surface area contributed by atoms with Crippen LogP contribution in [0.1, 0.15) is 34.4 Å². The molecule has 1 aromatic carbocycles. The monoisotopic (exact) mass is 470 g/mol. The lowest BCUT2D eigenvalue weighted by molar-refractivity contribution is 0.0715. The summed E-state index contributed by atoms with van der Waals surface area (Å²) in [5.41, 5.74) is 2.99. The minimum atomic E-state index is -3.00. The number of aromatic nitrogens is 2. The number of hydrogen-bond acceptors (Lipinski definition) is 7. The van der Waals surface area contributed by atoms with Crippen molar-refractivity contribution in [2.24, 2.45) is 0 Å². The number of sulfone groups is 1. The number of rotatable bonds is 3. The van der Waals surface area contributed by atoms with Gasteiger partial charge in [-0.25, -0.2) is 8.42 Å². The highest BCUT2D eigenvalue weighted by Crippen LogP contribution is 2.31. The molecule has 2 aromatic heterocycles. The number of anilines is 1. The van der Waals surface area contributed by atoms with Crippen molar-refractivity contribution in [3.05, 3.63) is 57.7 Å². The molecule has 0 N–H and O–H groups in total. The Morgan fingerprint density at radius 2 is 1.85 bits per heavy atom. The van der Waals surface area contributed by atoms with Crippen LogP contribution < -0.4 is 10.3 Å². The lowest BCUT2D eigenvalue weighted by atomic mass is 10.2. The third-order valence-electron chi connectivity index (χ3n) is 6.57. The summed E-state index contributed by atoms with van der Waals surface area (Å²) in [4.78, 5) is 29.3. The highest BCUT2D eigenvalue weighted by molar-refractivity contribution is 7.91. The number of benzene rings is 1. The van der Waals surface area contributed by atoms with Crippen molar-refractivity contribution in [3.63, 3.8) is 0 Å². The Labute approximate surface area is 191 Å². The van der Waals surface area contributed by atoms with Gasteiger partial charge in [-0.15, -0.1) is 0 Å². The maximum Gasteiger partial charge on any atom is 0.289 e. The molecule has 9 nitrogen and oxygen atoms in total. The Morgan fingerprint density at radius 1 is 1.12 bits per heavy atom. The van der Waals surface area contributed by atoms with E-state index in [0.29, 0.717) is 43.6 Å². The fourth-order valence-corrected chi connectivity index (χ4v) is 6.63. The smallest absolute Gasteiger partial charge is 0.289 e. The van der Waals surface area contributed by atoms with Gasteiger partial charge in [0, 0.05) is 32.2 Å². The predicted octanol–water partition coefficient (Wildman–Crippen LogP) is 1.93. The Hall–Kier alpha value is -3.14. The molecule has 10 heteroatoms. The minimum Gasteiger partial charge on any atom is -0.451 e. The van der Waals surface area contributed by atoms with Gasteiger partial charge in [0.1, 0.15) is 5.58 Å². The second-order valence-corrected chi connectivity index (χ2v) is 11.0. The van der Waals surface area contributed by atoms with Gasteiger partial charge < -0.3 is 14.2 Å². The zero-order chi connectivity index (χ0) is 23.3. The summed E-state index contributed by atoms with van der Waals surface area (Å²) in [5.74, 6) is 0.0950. The maximum atomic E-state index is 13.0. The fourth-order valence-electron chi connectivity index (χ4n) is 4.93. The van der Waals surface area contributed by atoms with Gasteiger partial charge in [-0.2, -0.15) is 5.10 Å². The van der Waals surface area contributed by atoms with E-state index in [4.69, 9.17) is 4.42 Å². The number of carbonyl (C=O) groups excluding carboxylic acids is 1. The molecule has 3 aromatic rings. The van der Waals surface area contributed by atoms with Gasteiger partial charge in [0.2, 0.25) is 0 Å². The van der Waals surface area contributed by atoms with Crippen molar-refractivity contribution in [2.75, 3.05) is 42.6 Å². The van der Waals surface area contributed by atoms with Crippen molar-refractivity contribution >= 4 is 32.4 Å².